The van der Waals surface area contributed by atoms with Crippen LogP contribution in [0, 0.1) is 0 Å². The van der Waals surface area contributed by atoms with Crippen LogP contribution in [0.4, 0.5) is 5.82 Å². The van der Waals surface area contributed by atoms with E-state index in [4.69, 9.17) is 7.85 Å². The summed E-state index contributed by atoms with van der Waals surface area (Å²) < 4.78 is 1.97. The summed E-state index contributed by atoms with van der Waals surface area (Å²) in [5, 5.41) is 37.8. The van der Waals surface area contributed by atoms with Crippen molar-refractivity contribution >= 4 is 53.3 Å². The Balaban J connectivity index is 1.49. The van der Waals surface area contributed by atoms with Gasteiger partial charge in [-0.3, -0.25) is 4.79 Å². The first-order valence-corrected chi connectivity index (χ1v) is 12.0. The van der Waals surface area contributed by atoms with Gasteiger partial charge in [-0.25, -0.2) is 4.98 Å². The molecule has 0 saturated carbocycles. The van der Waals surface area contributed by atoms with E-state index in [0.29, 0.717) is 52.2 Å². The van der Waals surface area contributed by atoms with Crippen molar-refractivity contribution in [3.63, 3.8) is 0 Å². The maximum atomic E-state index is 12.8. The van der Waals surface area contributed by atoms with Gasteiger partial charge in [-0.2, -0.15) is 9.61 Å². The number of benzene rings is 2. The number of anilines is 1. The van der Waals surface area contributed by atoms with Crippen LogP contribution in [0.1, 0.15) is 16.8 Å². The molecule has 0 aliphatic heterocycles. The number of halogens is 1. The normalized spacial score (nSPS) is 11.0. The molecule has 0 unspecified atom stereocenters. The van der Waals surface area contributed by atoms with Crippen molar-refractivity contribution in [2.45, 2.75) is 6.42 Å². The van der Waals surface area contributed by atoms with E-state index in [9.17, 15) is 20.1 Å². The summed E-state index contributed by atoms with van der Waals surface area (Å²) in [5.74, 6) is -0.231. The molecule has 0 fully saturated rings. The lowest BCUT2D eigenvalue weighted by Crippen LogP contribution is -2.31. The van der Waals surface area contributed by atoms with Gasteiger partial charge in [0, 0.05) is 30.9 Å². The first-order chi connectivity index (χ1) is 16.4. The molecule has 9 nitrogen and oxygen atoms in total. The Morgan fingerprint density at radius 1 is 1.09 bits per heavy atom. The van der Waals surface area contributed by atoms with Crippen LogP contribution in [0.3, 0.4) is 0 Å². The Kier molecular flexibility index (Phi) is 7.10. The first-order valence-electron chi connectivity index (χ1n) is 10.4. The Labute approximate surface area is 210 Å². The monoisotopic (exact) mass is 569 g/mol. The zero-order chi connectivity index (χ0) is 24.2. The minimum atomic E-state index is -0.446. The van der Waals surface area contributed by atoms with E-state index >= 15 is 0 Å². The van der Waals surface area contributed by atoms with Crippen molar-refractivity contribution in [1.82, 2.24) is 19.5 Å². The first kappa shape index (κ1) is 23.7. The summed E-state index contributed by atoms with van der Waals surface area (Å²) in [6, 6.07) is 12.9. The molecule has 2 aromatic carbocycles. The van der Waals surface area contributed by atoms with Crippen LogP contribution in [0.2, 0.25) is 0 Å². The number of amides is 1. The molecule has 2 aromatic heterocycles. The Hall–Kier alpha value is -3.48. The Bertz CT molecular complexity index is 1330. The molecule has 2 radical (unpaired) electrons. The summed E-state index contributed by atoms with van der Waals surface area (Å²) in [7, 11) is 6.03. The summed E-state index contributed by atoms with van der Waals surface area (Å²) in [6.07, 6.45) is 2.09. The molecular formula is C23H21BIN5O4. The highest BCUT2D eigenvalue weighted by atomic mass is 127. The van der Waals surface area contributed by atoms with Gasteiger partial charge in [-0.1, -0.05) is 40.8 Å². The maximum Gasteiger partial charge on any atom is 0.262 e. The van der Waals surface area contributed by atoms with E-state index in [2.05, 4.69) is 38.0 Å². The standard InChI is InChI=1S/C23H21BIN5O4/c24-15-12-27-30-20(11-16(28-22(15)30)14-5-1-2-6-17(14)31)26-9-4-10-29(13-25)23(34)21-18(32)7-3-8-19(21)33/h1-3,5-8,11-12,26,31-33H,4,9-10,13H2. The van der Waals surface area contributed by atoms with Gasteiger partial charge in [0.15, 0.2) is 5.65 Å². The van der Waals surface area contributed by atoms with E-state index in [-0.39, 0.29) is 22.8 Å². The third-order valence-corrected chi connectivity index (χ3v) is 6.08. The van der Waals surface area contributed by atoms with E-state index < -0.39 is 5.91 Å². The number of hydrogen-bond donors (Lipinski definition) is 4. The minimum absolute atomic E-state index is 0.104. The molecule has 4 aromatic rings. The lowest BCUT2D eigenvalue weighted by atomic mass is 10.0. The lowest BCUT2D eigenvalue weighted by molar-refractivity contribution is 0.0784. The van der Waals surface area contributed by atoms with Crippen LogP contribution >= 0.6 is 22.6 Å². The van der Waals surface area contributed by atoms with Gasteiger partial charge >= 0.3 is 0 Å². The largest absolute Gasteiger partial charge is 0.507 e. The smallest absolute Gasteiger partial charge is 0.262 e. The lowest BCUT2D eigenvalue weighted by Gasteiger charge is -2.21. The molecule has 0 spiro atoms. The average Bonchev–Trinajstić information content (AvgIpc) is 3.20. The second-order valence-corrected chi connectivity index (χ2v) is 8.20. The fraction of sp³-hybridized carbons (Fsp3) is 0.174. The predicted octanol–water partition coefficient (Wildman–Crippen LogP) is 2.64. The summed E-state index contributed by atoms with van der Waals surface area (Å²) in [6.45, 7) is 0.886. The van der Waals surface area contributed by atoms with Crippen molar-refractivity contribution in [2.75, 3.05) is 23.0 Å². The number of rotatable bonds is 8. The molecule has 0 aliphatic rings. The number of carbonyl (C=O) groups excluding carboxylic acids is 1. The van der Waals surface area contributed by atoms with Crippen molar-refractivity contribution < 1.29 is 20.1 Å². The fourth-order valence-electron chi connectivity index (χ4n) is 3.54. The van der Waals surface area contributed by atoms with E-state index in [0.717, 1.165) is 0 Å². The summed E-state index contributed by atoms with van der Waals surface area (Å²) in [5.41, 5.74) is 1.87. The number of nitrogens with zero attached hydrogens (tertiary/aromatic N) is 4. The van der Waals surface area contributed by atoms with Gasteiger partial charge in [0.25, 0.3) is 5.91 Å². The molecule has 0 aliphatic carbocycles. The van der Waals surface area contributed by atoms with Crippen molar-refractivity contribution in [2.24, 2.45) is 0 Å². The third kappa shape index (κ3) is 4.74. The van der Waals surface area contributed by atoms with E-state index in [1.807, 2.05) is 6.07 Å². The number of alkyl halides is 1. The molecule has 172 valence electrons. The quantitative estimate of drug-likeness (QED) is 0.0847. The molecule has 0 bridgehead atoms. The zero-order valence-corrected chi connectivity index (χ0v) is 20.2. The molecule has 0 atom stereocenters. The molecule has 34 heavy (non-hydrogen) atoms. The number of nitrogens with one attached hydrogen (secondary N) is 1. The Morgan fingerprint density at radius 2 is 1.79 bits per heavy atom. The topological polar surface area (TPSA) is 123 Å². The SMILES string of the molecule is [B]c1cnn2c(NCCCN(CI)C(=O)c3c(O)cccc3O)cc(-c3ccccc3O)nc12. The van der Waals surface area contributed by atoms with E-state index in [1.165, 1.54) is 24.4 Å². The van der Waals surface area contributed by atoms with Gasteiger partial charge < -0.3 is 25.5 Å². The highest BCUT2D eigenvalue weighted by Crippen LogP contribution is 2.30. The third-order valence-electron chi connectivity index (χ3n) is 5.26. The van der Waals surface area contributed by atoms with Gasteiger partial charge in [0.2, 0.25) is 0 Å². The molecule has 0 saturated heterocycles. The van der Waals surface area contributed by atoms with Gasteiger partial charge in [0.05, 0.1) is 10.2 Å². The van der Waals surface area contributed by atoms with Crippen LogP contribution < -0.4 is 10.8 Å². The number of fused-ring (bicyclic) bond motifs is 1. The number of carbonyl (C=O) groups is 1. The van der Waals surface area contributed by atoms with Crippen LogP contribution in [0.5, 0.6) is 17.2 Å². The second-order valence-electron chi connectivity index (χ2n) is 7.52. The molecule has 1 amide bonds. The van der Waals surface area contributed by atoms with Gasteiger partial charge in [0.1, 0.15) is 36.5 Å². The van der Waals surface area contributed by atoms with Crippen molar-refractivity contribution in [3.8, 4) is 28.5 Å². The van der Waals surface area contributed by atoms with Crippen LogP contribution in [0.25, 0.3) is 16.9 Å². The number of phenols is 3. The highest BCUT2D eigenvalue weighted by molar-refractivity contribution is 14.1. The molecule has 4 rings (SSSR count). The maximum absolute atomic E-state index is 12.8. The number of hydrogen-bond acceptors (Lipinski definition) is 7. The van der Waals surface area contributed by atoms with Gasteiger partial charge in [-0.15, -0.1) is 0 Å². The number of para-hydroxylation sites is 1. The minimum Gasteiger partial charge on any atom is -0.507 e. The van der Waals surface area contributed by atoms with E-state index in [1.54, 1.807) is 33.7 Å². The summed E-state index contributed by atoms with van der Waals surface area (Å²) in [4.78, 5) is 18.9. The molecular weight excluding hydrogens is 548 g/mol. The number of aromatic hydroxyl groups is 3. The van der Waals surface area contributed by atoms with Crippen LogP contribution in [-0.4, -0.2) is 66.2 Å². The predicted molar refractivity (Wildman–Crippen MR) is 138 cm³/mol. The molecule has 11 heteroatoms. The zero-order valence-electron chi connectivity index (χ0n) is 18.0. The van der Waals surface area contributed by atoms with Crippen LogP contribution in [-0.2, 0) is 0 Å². The van der Waals surface area contributed by atoms with Crippen LogP contribution in [0.15, 0.2) is 54.7 Å². The average molecular weight is 569 g/mol. The fourth-order valence-corrected chi connectivity index (χ4v) is 4.19. The summed E-state index contributed by atoms with van der Waals surface area (Å²) >= 11 is 2.07. The molecule has 2 heterocycles. The number of phenolic OH excluding ortho intramolecular Hbond substituents is 3. The molecule has 4 N–H and O–H groups in total. The van der Waals surface area contributed by atoms with Crippen molar-refractivity contribution in [1.29, 1.82) is 0 Å². The second kappa shape index (κ2) is 10.2. The van der Waals surface area contributed by atoms with Crippen molar-refractivity contribution in [3.05, 3.63) is 60.3 Å². The Morgan fingerprint density at radius 3 is 2.50 bits per heavy atom. The highest BCUT2D eigenvalue weighted by Gasteiger charge is 2.21. The number of aromatic nitrogens is 3. The van der Waals surface area contributed by atoms with Gasteiger partial charge in [-0.05, 0) is 36.1 Å².